The van der Waals surface area contributed by atoms with E-state index in [1.54, 1.807) is 6.08 Å². The van der Waals surface area contributed by atoms with E-state index in [9.17, 15) is 4.79 Å². The molecule has 82 valence electrons. The average Bonchev–Trinajstić information content (AvgIpc) is 2.61. The molecule has 1 aromatic rings. The van der Waals surface area contributed by atoms with Crippen LogP contribution >= 0.6 is 0 Å². The minimum Gasteiger partial charge on any atom is -0.299 e. The van der Waals surface area contributed by atoms with Crippen LogP contribution in [0.2, 0.25) is 0 Å². The van der Waals surface area contributed by atoms with Crippen LogP contribution in [0.15, 0.2) is 12.1 Å². The highest BCUT2D eigenvalue weighted by atomic mass is 16.1. The minimum atomic E-state index is 0.454. The third-order valence-corrected chi connectivity index (χ3v) is 2.42. The Morgan fingerprint density at radius 1 is 1.60 bits per heavy atom. The summed E-state index contributed by atoms with van der Waals surface area (Å²) < 4.78 is 1.99. The summed E-state index contributed by atoms with van der Waals surface area (Å²) in [5.74, 6) is 0.454. The number of nitrogens with zero attached hydrogens (tertiary/aromatic N) is 2. The van der Waals surface area contributed by atoms with Gasteiger partial charge in [0.05, 0.1) is 5.69 Å². The summed E-state index contributed by atoms with van der Waals surface area (Å²) in [5.41, 5.74) is 3.03. The van der Waals surface area contributed by atoms with Crippen LogP contribution in [0.4, 0.5) is 0 Å². The number of carbonyl (C=O) groups excluding carboxylic acids is 1. The Kier molecular flexibility index (Phi) is 3.83. The van der Waals surface area contributed by atoms with Crippen molar-refractivity contribution in [1.29, 1.82) is 0 Å². The van der Waals surface area contributed by atoms with Crippen molar-refractivity contribution >= 4 is 11.9 Å². The molecule has 0 radical (unpaired) electrons. The van der Waals surface area contributed by atoms with E-state index in [1.807, 2.05) is 11.6 Å². The highest BCUT2D eigenvalue weighted by Gasteiger charge is 2.10. The van der Waals surface area contributed by atoms with Gasteiger partial charge in [0.2, 0.25) is 0 Å². The van der Waals surface area contributed by atoms with Gasteiger partial charge in [-0.3, -0.25) is 9.48 Å². The van der Waals surface area contributed by atoms with Crippen LogP contribution < -0.4 is 0 Å². The van der Waals surface area contributed by atoms with E-state index in [-0.39, 0.29) is 0 Å². The molecular weight excluding hydrogens is 188 g/mol. The van der Waals surface area contributed by atoms with Gasteiger partial charge in [0.25, 0.3) is 0 Å². The van der Waals surface area contributed by atoms with Gasteiger partial charge in [-0.05, 0) is 37.5 Å². The maximum Gasteiger partial charge on any atom is 0.143 e. The van der Waals surface area contributed by atoms with E-state index in [1.165, 1.54) is 5.69 Å². The molecule has 0 aliphatic carbocycles. The largest absolute Gasteiger partial charge is 0.299 e. The van der Waals surface area contributed by atoms with E-state index in [4.69, 9.17) is 0 Å². The number of rotatable bonds is 4. The van der Waals surface area contributed by atoms with Crippen molar-refractivity contribution in [2.75, 3.05) is 0 Å². The van der Waals surface area contributed by atoms with E-state index in [0.29, 0.717) is 5.92 Å². The van der Waals surface area contributed by atoms with Crippen molar-refractivity contribution in [3.63, 3.8) is 0 Å². The topological polar surface area (TPSA) is 34.9 Å². The molecule has 3 heteroatoms. The van der Waals surface area contributed by atoms with Gasteiger partial charge >= 0.3 is 0 Å². The predicted molar refractivity (Wildman–Crippen MR) is 61.7 cm³/mol. The Labute approximate surface area is 90.8 Å². The van der Waals surface area contributed by atoms with Crippen molar-refractivity contribution < 1.29 is 4.79 Å². The summed E-state index contributed by atoms with van der Waals surface area (Å²) >= 11 is 0. The fourth-order valence-electron chi connectivity index (χ4n) is 1.53. The number of carbonyl (C=O) groups is 1. The lowest BCUT2D eigenvalue weighted by Crippen LogP contribution is -2.03. The molecule has 0 saturated carbocycles. The first-order valence-corrected chi connectivity index (χ1v) is 5.30. The van der Waals surface area contributed by atoms with Crippen molar-refractivity contribution in [1.82, 2.24) is 9.78 Å². The molecule has 1 heterocycles. The van der Waals surface area contributed by atoms with Gasteiger partial charge < -0.3 is 0 Å². The van der Waals surface area contributed by atoms with Crippen LogP contribution in [-0.4, -0.2) is 16.1 Å². The Morgan fingerprint density at radius 2 is 2.27 bits per heavy atom. The quantitative estimate of drug-likeness (QED) is 0.560. The molecule has 1 aromatic heterocycles. The molecule has 0 bridgehead atoms. The number of hydrogen-bond donors (Lipinski definition) is 0. The third-order valence-electron chi connectivity index (χ3n) is 2.42. The van der Waals surface area contributed by atoms with E-state index < -0.39 is 0 Å². The van der Waals surface area contributed by atoms with Crippen molar-refractivity contribution in [2.24, 2.45) is 0 Å². The fourth-order valence-corrected chi connectivity index (χ4v) is 1.53. The standard InChI is InChI=1S/C12H18N2O/c1-5-14-12(9(2)3)8-11(13-14)10(4)6-7-15/h6-9H,5H2,1-4H3/b10-6+. The second-order valence-corrected chi connectivity index (χ2v) is 3.91. The summed E-state index contributed by atoms with van der Waals surface area (Å²) in [6, 6.07) is 2.06. The number of aromatic nitrogens is 2. The summed E-state index contributed by atoms with van der Waals surface area (Å²) in [4.78, 5) is 10.4. The average molecular weight is 206 g/mol. The first-order valence-electron chi connectivity index (χ1n) is 5.30. The molecule has 0 N–H and O–H groups in total. The maximum atomic E-state index is 10.4. The second kappa shape index (κ2) is 4.91. The molecule has 0 spiro atoms. The molecule has 0 aromatic carbocycles. The van der Waals surface area contributed by atoms with Gasteiger partial charge in [0.1, 0.15) is 6.29 Å². The van der Waals surface area contributed by atoms with Crippen LogP contribution in [-0.2, 0) is 11.3 Å². The van der Waals surface area contributed by atoms with E-state index in [0.717, 1.165) is 24.1 Å². The van der Waals surface area contributed by atoms with Gasteiger partial charge in [0, 0.05) is 12.2 Å². The molecule has 0 unspecified atom stereocenters. The SMILES string of the molecule is CCn1nc(/C(C)=C/C=O)cc1C(C)C. The maximum absolute atomic E-state index is 10.4. The number of allylic oxidation sites excluding steroid dienone is 2. The van der Waals surface area contributed by atoms with Gasteiger partial charge in [-0.15, -0.1) is 0 Å². The molecule has 15 heavy (non-hydrogen) atoms. The Hall–Kier alpha value is -1.38. The summed E-state index contributed by atoms with van der Waals surface area (Å²) in [6.07, 6.45) is 2.35. The summed E-state index contributed by atoms with van der Waals surface area (Å²) in [6.45, 7) is 9.13. The van der Waals surface area contributed by atoms with Crippen LogP contribution in [0.5, 0.6) is 0 Å². The monoisotopic (exact) mass is 206 g/mol. The lowest BCUT2D eigenvalue weighted by molar-refractivity contribution is -0.104. The number of aldehydes is 1. The van der Waals surface area contributed by atoms with E-state index in [2.05, 4.69) is 31.9 Å². The van der Waals surface area contributed by atoms with Crippen LogP contribution in [0.3, 0.4) is 0 Å². The molecule has 3 nitrogen and oxygen atoms in total. The van der Waals surface area contributed by atoms with Gasteiger partial charge in [-0.1, -0.05) is 13.8 Å². The molecule has 0 aliphatic rings. The molecular formula is C12H18N2O. The zero-order valence-electron chi connectivity index (χ0n) is 9.82. The van der Waals surface area contributed by atoms with Crippen LogP contribution in [0.25, 0.3) is 5.57 Å². The van der Waals surface area contributed by atoms with Crippen LogP contribution in [0.1, 0.15) is 45.0 Å². The molecule has 0 amide bonds. The first-order chi connectivity index (χ1) is 7.10. The Balaban J connectivity index is 3.13. The summed E-state index contributed by atoms with van der Waals surface area (Å²) in [5, 5.41) is 4.46. The van der Waals surface area contributed by atoms with Crippen LogP contribution in [0, 0.1) is 0 Å². The molecule has 0 atom stereocenters. The molecule has 0 fully saturated rings. The molecule has 0 saturated heterocycles. The van der Waals surface area contributed by atoms with E-state index >= 15 is 0 Å². The predicted octanol–water partition coefficient (Wildman–Crippen LogP) is 2.63. The highest BCUT2D eigenvalue weighted by Crippen LogP contribution is 2.19. The van der Waals surface area contributed by atoms with Crippen molar-refractivity contribution in [2.45, 2.75) is 40.2 Å². The second-order valence-electron chi connectivity index (χ2n) is 3.91. The molecule has 1 rings (SSSR count). The van der Waals surface area contributed by atoms with Gasteiger partial charge in [-0.25, -0.2) is 0 Å². The summed E-state index contributed by atoms with van der Waals surface area (Å²) in [7, 11) is 0. The normalized spacial score (nSPS) is 12.2. The van der Waals surface area contributed by atoms with Gasteiger partial charge in [0.15, 0.2) is 0 Å². The number of aryl methyl sites for hydroxylation is 1. The third kappa shape index (κ3) is 2.55. The Bertz CT molecular complexity index is 375. The lowest BCUT2D eigenvalue weighted by atomic mass is 10.1. The number of hydrogen-bond acceptors (Lipinski definition) is 2. The zero-order chi connectivity index (χ0) is 11.4. The minimum absolute atomic E-state index is 0.454. The smallest absolute Gasteiger partial charge is 0.143 e. The Morgan fingerprint density at radius 3 is 2.67 bits per heavy atom. The lowest BCUT2D eigenvalue weighted by Gasteiger charge is -2.06. The highest BCUT2D eigenvalue weighted by molar-refractivity contribution is 5.79. The van der Waals surface area contributed by atoms with Crippen molar-refractivity contribution in [3.05, 3.63) is 23.5 Å². The fraction of sp³-hybridized carbons (Fsp3) is 0.500. The zero-order valence-corrected chi connectivity index (χ0v) is 9.82. The first kappa shape index (κ1) is 11.7. The van der Waals surface area contributed by atoms with Crippen molar-refractivity contribution in [3.8, 4) is 0 Å². The molecule has 0 aliphatic heterocycles. The van der Waals surface area contributed by atoms with Gasteiger partial charge in [-0.2, -0.15) is 5.10 Å².